The summed E-state index contributed by atoms with van der Waals surface area (Å²) in [5.74, 6) is 0. The molecule has 0 aromatic rings. The summed E-state index contributed by atoms with van der Waals surface area (Å²) in [7, 11) is -2.33. The van der Waals surface area contributed by atoms with E-state index < -0.39 is 8.60 Å². The van der Waals surface area contributed by atoms with Gasteiger partial charge in [-0.1, -0.05) is 26.7 Å². The topological polar surface area (TPSA) is 90.2 Å². The van der Waals surface area contributed by atoms with Crippen molar-refractivity contribution in [3.05, 3.63) is 0 Å². The highest BCUT2D eigenvalue weighted by Crippen LogP contribution is 2.27. The smallest absolute Gasteiger partial charge is 0.344 e. The fourth-order valence-corrected chi connectivity index (χ4v) is 1.16. The molecule has 0 atom stereocenters. The fourth-order valence-electron chi connectivity index (χ4n) is 1.16. The zero-order chi connectivity index (χ0) is 13.0. The Bertz CT molecular complexity index is 136. The van der Waals surface area contributed by atoms with Gasteiger partial charge in [-0.2, -0.15) is 4.08 Å². The molecule has 0 bridgehead atoms. The van der Waals surface area contributed by atoms with E-state index in [0.717, 1.165) is 25.7 Å². The van der Waals surface area contributed by atoms with Crippen molar-refractivity contribution in [1.82, 2.24) is 0 Å². The van der Waals surface area contributed by atoms with E-state index in [2.05, 4.69) is 22.9 Å². The molecular formula is C9H22ClO5P. The summed E-state index contributed by atoms with van der Waals surface area (Å²) in [6.07, 6.45) is 4.02. The maximum Gasteiger partial charge on any atom is 0.344 e. The molecule has 0 radical (unpaired) electrons. The van der Waals surface area contributed by atoms with Crippen LogP contribution < -0.4 is 0 Å². The Balaban J connectivity index is 0. The van der Waals surface area contributed by atoms with Crippen LogP contribution in [0.5, 0.6) is 0 Å². The van der Waals surface area contributed by atoms with Crippen molar-refractivity contribution in [2.24, 2.45) is 5.41 Å². The van der Waals surface area contributed by atoms with Gasteiger partial charge in [-0.25, -0.2) is 0 Å². The van der Waals surface area contributed by atoms with Crippen molar-refractivity contribution in [1.29, 1.82) is 0 Å². The zero-order valence-corrected chi connectivity index (χ0v) is 11.4. The quantitative estimate of drug-likeness (QED) is 0.534. The number of hydrogen-bond acceptors (Lipinski definition) is 5. The predicted octanol–water partition coefficient (Wildman–Crippen LogP) is 1.93. The van der Waals surface area contributed by atoms with Crippen LogP contribution in [0.15, 0.2) is 0 Å². The van der Waals surface area contributed by atoms with Crippen molar-refractivity contribution in [2.75, 3.05) is 13.2 Å². The second-order valence-corrected chi connectivity index (χ2v) is 4.65. The van der Waals surface area contributed by atoms with Crippen LogP contribution in [0.4, 0.5) is 0 Å². The van der Waals surface area contributed by atoms with Gasteiger partial charge in [-0.15, -0.1) is 0 Å². The first-order valence-corrected chi connectivity index (χ1v) is 6.67. The normalized spacial score (nSPS) is 11.2. The Hall–Kier alpha value is 0.520. The maximum absolute atomic E-state index is 9.04. The van der Waals surface area contributed by atoms with Crippen molar-refractivity contribution >= 4 is 20.5 Å². The molecule has 0 spiro atoms. The molecule has 7 heteroatoms. The number of aliphatic hydroxyl groups excluding tert-OH is 2. The molecule has 16 heavy (non-hydrogen) atoms. The zero-order valence-electron chi connectivity index (χ0n) is 9.76. The average Bonchev–Trinajstić information content (AvgIpc) is 2.32. The van der Waals surface area contributed by atoms with Crippen molar-refractivity contribution in [3.63, 3.8) is 0 Å². The molecule has 0 fully saturated rings. The molecule has 100 valence electrons. The number of aliphatic hydroxyl groups is 2. The van der Waals surface area contributed by atoms with Gasteiger partial charge in [-0.3, -0.25) is 0 Å². The lowest BCUT2D eigenvalue weighted by atomic mass is 9.82. The van der Waals surface area contributed by atoms with Gasteiger partial charge < -0.3 is 20.0 Å². The van der Waals surface area contributed by atoms with Crippen LogP contribution in [0.2, 0.25) is 0 Å². The molecule has 0 unspecified atom stereocenters. The summed E-state index contributed by atoms with van der Waals surface area (Å²) >= 11 is 4.37. The lowest BCUT2D eigenvalue weighted by Gasteiger charge is -2.27. The third-order valence-corrected chi connectivity index (χ3v) is 3.04. The van der Waals surface area contributed by atoms with Gasteiger partial charge in [0.1, 0.15) is 0 Å². The van der Waals surface area contributed by atoms with E-state index >= 15 is 0 Å². The summed E-state index contributed by atoms with van der Waals surface area (Å²) in [5.41, 5.74) is -0.212. The van der Waals surface area contributed by atoms with Crippen LogP contribution in [-0.2, 0) is 4.08 Å². The van der Waals surface area contributed by atoms with E-state index in [1.54, 1.807) is 0 Å². The minimum Gasteiger partial charge on any atom is -0.396 e. The molecule has 0 aliphatic rings. The first-order valence-electron chi connectivity index (χ1n) is 5.20. The number of unbranched alkanes of at least 4 members (excludes halogenated alkanes) is 1. The first kappa shape index (κ1) is 18.9. The highest BCUT2D eigenvalue weighted by atomic mass is 35.5. The number of hydrogen-bond donors (Lipinski definition) is 4. The molecule has 0 saturated carbocycles. The molecule has 0 rings (SSSR count). The third-order valence-electron chi connectivity index (χ3n) is 2.54. The van der Waals surface area contributed by atoms with Gasteiger partial charge in [-0.05, 0) is 12.8 Å². The van der Waals surface area contributed by atoms with Crippen LogP contribution in [0, 0.1) is 5.41 Å². The summed E-state index contributed by atoms with van der Waals surface area (Å²) in [6.45, 7) is 4.36. The Labute approximate surface area is 103 Å². The van der Waals surface area contributed by atoms with Crippen LogP contribution >= 0.6 is 20.5 Å². The summed E-state index contributed by atoms with van der Waals surface area (Å²) < 4.78 is 3.40. The number of rotatable bonds is 7. The van der Waals surface area contributed by atoms with E-state index in [0.29, 0.717) is 0 Å². The van der Waals surface area contributed by atoms with E-state index in [1.165, 1.54) is 0 Å². The second kappa shape index (κ2) is 12.0. The van der Waals surface area contributed by atoms with Gasteiger partial charge >= 0.3 is 8.60 Å². The minimum absolute atomic E-state index is 0.111. The van der Waals surface area contributed by atoms with Crippen molar-refractivity contribution in [3.8, 4) is 0 Å². The van der Waals surface area contributed by atoms with Gasteiger partial charge in [0.15, 0.2) is 0 Å². The summed E-state index contributed by atoms with van der Waals surface area (Å²) in [6, 6.07) is 0. The molecule has 0 aliphatic heterocycles. The highest BCUT2D eigenvalue weighted by molar-refractivity contribution is 7.40. The first-order chi connectivity index (χ1) is 7.51. The predicted molar refractivity (Wildman–Crippen MR) is 64.7 cm³/mol. The van der Waals surface area contributed by atoms with Crippen LogP contribution in [-0.4, -0.2) is 33.2 Å². The second-order valence-electron chi connectivity index (χ2n) is 3.60. The molecule has 0 saturated heterocycles. The lowest BCUT2D eigenvalue weighted by Crippen LogP contribution is -2.28. The van der Waals surface area contributed by atoms with E-state index in [1.807, 2.05) is 6.92 Å². The molecule has 0 aromatic carbocycles. The Morgan fingerprint density at radius 1 is 1.19 bits per heavy atom. The van der Waals surface area contributed by atoms with E-state index in [9.17, 15) is 0 Å². The monoisotopic (exact) mass is 276 g/mol. The Morgan fingerprint density at radius 3 is 1.81 bits per heavy atom. The van der Waals surface area contributed by atoms with Gasteiger partial charge in [0, 0.05) is 5.41 Å². The standard InChI is InChI=1S/C9H20O2.ClH2O3P/c1-3-5-6-9(4-2,7-10)8-11;1-4-5(2)3/h10-11H,3-8H2,1-2H3;2-3H. The lowest BCUT2D eigenvalue weighted by molar-refractivity contribution is 0.0420. The van der Waals surface area contributed by atoms with Crippen molar-refractivity contribution < 1.29 is 24.1 Å². The Morgan fingerprint density at radius 2 is 1.62 bits per heavy atom. The van der Waals surface area contributed by atoms with Crippen LogP contribution in [0.3, 0.4) is 0 Å². The SMILES string of the molecule is CCCCC(CC)(CO)CO.OP(O)OCl. The van der Waals surface area contributed by atoms with Gasteiger partial charge in [0.2, 0.25) is 0 Å². The molecule has 0 aliphatic carbocycles. The molecule has 4 N–H and O–H groups in total. The van der Waals surface area contributed by atoms with E-state index in [-0.39, 0.29) is 18.6 Å². The van der Waals surface area contributed by atoms with E-state index in [4.69, 9.17) is 20.0 Å². The average molecular weight is 277 g/mol. The summed E-state index contributed by atoms with van der Waals surface area (Å²) in [5, 5.41) is 18.1. The van der Waals surface area contributed by atoms with Crippen LogP contribution in [0.25, 0.3) is 0 Å². The molecular weight excluding hydrogens is 255 g/mol. The molecule has 0 heterocycles. The van der Waals surface area contributed by atoms with Gasteiger partial charge in [0.05, 0.1) is 25.1 Å². The van der Waals surface area contributed by atoms with Crippen molar-refractivity contribution in [2.45, 2.75) is 39.5 Å². The summed E-state index contributed by atoms with van der Waals surface area (Å²) in [4.78, 5) is 15.3. The molecule has 0 aromatic heterocycles. The van der Waals surface area contributed by atoms with Gasteiger partial charge in [0.25, 0.3) is 0 Å². The number of halogens is 1. The third kappa shape index (κ3) is 9.73. The molecule has 0 amide bonds. The maximum atomic E-state index is 9.04. The molecule has 5 nitrogen and oxygen atoms in total. The largest absolute Gasteiger partial charge is 0.396 e. The van der Waals surface area contributed by atoms with Crippen LogP contribution in [0.1, 0.15) is 39.5 Å². The highest BCUT2D eigenvalue weighted by Gasteiger charge is 2.25. The fraction of sp³-hybridized carbons (Fsp3) is 1.00. The Kier molecular flexibility index (Phi) is 14.1. The minimum atomic E-state index is -2.33.